The lowest BCUT2D eigenvalue weighted by atomic mass is 10.3. The van der Waals surface area contributed by atoms with Gasteiger partial charge in [-0.25, -0.2) is 0 Å². The standard InChI is InChI=1S/C11H19N3S/c1-2-11(15-9-1)10-13-5-8-14-6-3-12-4-7-14/h1-2,9,12-13H,3-8,10H2. The minimum Gasteiger partial charge on any atom is -0.314 e. The van der Waals surface area contributed by atoms with Crippen LogP contribution < -0.4 is 10.6 Å². The zero-order valence-electron chi connectivity index (χ0n) is 9.04. The van der Waals surface area contributed by atoms with Gasteiger partial charge in [0.1, 0.15) is 0 Å². The van der Waals surface area contributed by atoms with Crippen molar-refractivity contribution in [1.29, 1.82) is 0 Å². The summed E-state index contributed by atoms with van der Waals surface area (Å²) in [5.41, 5.74) is 0. The molecule has 0 spiro atoms. The van der Waals surface area contributed by atoms with Crippen LogP contribution >= 0.6 is 11.3 Å². The molecule has 1 aromatic heterocycles. The summed E-state index contributed by atoms with van der Waals surface area (Å²) in [7, 11) is 0. The quantitative estimate of drug-likeness (QED) is 0.724. The third kappa shape index (κ3) is 3.91. The fourth-order valence-corrected chi connectivity index (χ4v) is 2.47. The highest BCUT2D eigenvalue weighted by Crippen LogP contribution is 2.06. The van der Waals surface area contributed by atoms with E-state index < -0.39 is 0 Å². The van der Waals surface area contributed by atoms with Crippen molar-refractivity contribution in [3.63, 3.8) is 0 Å². The van der Waals surface area contributed by atoms with E-state index in [1.807, 2.05) is 11.3 Å². The molecule has 1 aliphatic heterocycles. The van der Waals surface area contributed by atoms with E-state index in [2.05, 4.69) is 33.0 Å². The zero-order valence-corrected chi connectivity index (χ0v) is 9.85. The number of rotatable bonds is 5. The van der Waals surface area contributed by atoms with Crippen molar-refractivity contribution >= 4 is 11.3 Å². The van der Waals surface area contributed by atoms with Gasteiger partial charge in [-0.3, -0.25) is 4.90 Å². The SMILES string of the molecule is c1csc(CNCCN2CCNCC2)c1. The van der Waals surface area contributed by atoms with Crippen LogP contribution in [0.3, 0.4) is 0 Å². The second kappa shape index (κ2) is 6.23. The minimum absolute atomic E-state index is 1.02. The Hall–Kier alpha value is -0.420. The van der Waals surface area contributed by atoms with Gasteiger partial charge in [0.15, 0.2) is 0 Å². The Morgan fingerprint density at radius 1 is 1.40 bits per heavy atom. The Balaban J connectivity index is 1.54. The van der Waals surface area contributed by atoms with Gasteiger partial charge in [0, 0.05) is 50.7 Å². The largest absolute Gasteiger partial charge is 0.314 e. The van der Waals surface area contributed by atoms with Gasteiger partial charge in [-0.2, -0.15) is 0 Å². The third-order valence-corrected chi connectivity index (χ3v) is 3.57. The van der Waals surface area contributed by atoms with Crippen LogP contribution in [0.25, 0.3) is 0 Å². The molecule has 0 aliphatic carbocycles. The number of thiophene rings is 1. The van der Waals surface area contributed by atoms with Gasteiger partial charge in [-0.1, -0.05) is 6.07 Å². The molecule has 2 rings (SSSR count). The maximum Gasteiger partial charge on any atom is 0.0300 e. The van der Waals surface area contributed by atoms with E-state index in [1.165, 1.54) is 24.5 Å². The average Bonchev–Trinajstić information content (AvgIpc) is 2.79. The maximum atomic E-state index is 3.48. The highest BCUT2D eigenvalue weighted by Gasteiger charge is 2.07. The Bertz CT molecular complexity index is 255. The molecule has 0 amide bonds. The number of nitrogens with one attached hydrogen (secondary N) is 2. The van der Waals surface area contributed by atoms with E-state index in [4.69, 9.17) is 0 Å². The molecule has 3 nitrogen and oxygen atoms in total. The molecule has 15 heavy (non-hydrogen) atoms. The second-order valence-electron chi connectivity index (χ2n) is 3.85. The highest BCUT2D eigenvalue weighted by molar-refractivity contribution is 7.09. The van der Waals surface area contributed by atoms with Crippen molar-refractivity contribution in [2.45, 2.75) is 6.54 Å². The van der Waals surface area contributed by atoms with Crippen LogP contribution in [-0.4, -0.2) is 44.2 Å². The summed E-state index contributed by atoms with van der Waals surface area (Å²) in [5.74, 6) is 0. The molecule has 1 aromatic rings. The molecule has 2 N–H and O–H groups in total. The van der Waals surface area contributed by atoms with Crippen LogP contribution in [0.2, 0.25) is 0 Å². The Morgan fingerprint density at radius 3 is 3.00 bits per heavy atom. The first kappa shape index (κ1) is 11.1. The summed E-state index contributed by atoms with van der Waals surface area (Å²) in [5, 5.41) is 8.98. The van der Waals surface area contributed by atoms with Crippen LogP contribution in [0, 0.1) is 0 Å². The maximum absolute atomic E-state index is 3.48. The van der Waals surface area contributed by atoms with Crippen LogP contribution in [-0.2, 0) is 6.54 Å². The molecule has 0 bridgehead atoms. The molecule has 1 aliphatic rings. The van der Waals surface area contributed by atoms with E-state index in [-0.39, 0.29) is 0 Å². The van der Waals surface area contributed by atoms with Gasteiger partial charge < -0.3 is 10.6 Å². The van der Waals surface area contributed by atoms with Gasteiger partial charge >= 0.3 is 0 Å². The molecular formula is C11H19N3S. The molecule has 0 unspecified atom stereocenters. The van der Waals surface area contributed by atoms with E-state index in [1.54, 1.807) is 0 Å². The predicted molar refractivity (Wildman–Crippen MR) is 65.3 cm³/mol. The summed E-state index contributed by atoms with van der Waals surface area (Å²) in [6.07, 6.45) is 0. The van der Waals surface area contributed by atoms with Crippen molar-refractivity contribution < 1.29 is 0 Å². The highest BCUT2D eigenvalue weighted by atomic mass is 32.1. The summed E-state index contributed by atoms with van der Waals surface area (Å²) >= 11 is 1.82. The second-order valence-corrected chi connectivity index (χ2v) is 4.88. The molecule has 1 fully saturated rings. The molecule has 84 valence electrons. The van der Waals surface area contributed by atoms with Gasteiger partial charge in [0.25, 0.3) is 0 Å². The van der Waals surface area contributed by atoms with Crippen LogP contribution in [0.5, 0.6) is 0 Å². The van der Waals surface area contributed by atoms with Crippen molar-refractivity contribution in [3.05, 3.63) is 22.4 Å². The van der Waals surface area contributed by atoms with Crippen molar-refractivity contribution in [1.82, 2.24) is 15.5 Å². The lowest BCUT2D eigenvalue weighted by Gasteiger charge is -2.27. The Kier molecular flexibility index (Phi) is 4.60. The lowest BCUT2D eigenvalue weighted by molar-refractivity contribution is 0.241. The number of hydrogen-bond acceptors (Lipinski definition) is 4. The van der Waals surface area contributed by atoms with E-state index in [0.717, 1.165) is 26.2 Å². The summed E-state index contributed by atoms with van der Waals surface area (Å²) in [6.45, 7) is 7.96. The minimum atomic E-state index is 1.02. The molecule has 0 saturated carbocycles. The van der Waals surface area contributed by atoms with Crippen molar-refractivity contribution in [2.75, 3.05) is 39.3 Å². The molecule has 4 heteroatoms. The summed E-state index contributed by atoms with van der Waals surface area (Å²) < 4.78 is 0. The summed E-state index contributed by atoms with van der Waals surface area (Å²) in [6, 6.07) is 4.29. The first-order valence-electron chi connectivity index (χ1n) is 5.61. The van der Waals surface area contributed by atoms with Gasteiger partial charge in [0.05, 0.1) is 0 Å². The molecule has 0 atom stereocenters. The topological polar surface area (TPSA) is 27.3 Å². The summed E-state index contributed by atoms with van der Waals surface area (Å²) in [4.78, 5) is 3.94. The Morgan fingerprint density at radius 2 is 2.27 bits per heavy atom. The molecule has 1 saturated heterocycles. The van der Waals surface area contributed by atoms with E-state index in [0.29, 0.717) is 0 Å². The fourth-order valence-electron chi connectivity index (χ4n) is 1.80. The molecule has 0 radical (unpaired) electrons. The first-order valence-corrected chi connectivity index (χ1v) is 6.49. The average molecular weight is 225 g/mol. The molecular weight excluding hydrogens is 206 g/mol. The monoisotopic (exact) mass is 225 g/mol. The fraction of sp³-hybridized carbons (Fsp3) is 0.636. The van der Waals surface area contributed by atoms with Crippen LogP contribution in [0.15, 0.2) is 17.5 Å². The van der Waals surface area contributed by atoms with Crippen LogP contribution in [0.4, 0.5) is 0 Å². The van der Waals surface area contributed by atoms with Gasteiger partial charge in [0.2, 0.25) is 0 Å². The smallest absolute Gasteiger partial charge is 0.0300 e. The molecule has 0 aromatic carbocycles. The number of hydrogen-bond donors (Lipinski definition) is 2. The van der Waals surface area contributed by atoms with Gasteiger partial charge in [-0.05, 0) is 11.4 Å². The van der Waals surface area contributed by atoms with Crippen LogP contribution in [0.1, 0.15) is 4.88 Å². The zero-order chi connectivity index (χ0) is 10.3. The van der Waals surface area contributed by atoms with E-state index >= 15 is 0 Å². The van der Waals surface area contributed by atoms with Crippen molar-refractivity contribution in [2.24, 2.45) is 0 Å². The van der Waals surface area contributed by atoms with Gasteiger partial charge in [-0.15, -0.1) is 11.3 Å². The molecule has 2 heterocycles. The lowest BCUT2D eigenvalue weighted by Crippen LogP contribution is -2.45. The Labute approximate surface area is 95.5 Å². The third-order valence-electron chi connectivity index (χ3n) is 2.69. The number of nitrogens with zero attached hydrogens (tertiary/aromatic N) is 1. The normalized spacial score (nSPS) is 18.1. The number of piperazine rings is 1. The van der Waals surface area contributed by atoms with Crippen molar-refractivity contribution in [3.8, 4) is 0 Å². The van der Waals surface area contributed by atoms with E-state index in [9.17, 15) is 0 Å². The first-order chi connectivity index (χ1) is 7.45. The predicted octanol–water partition coefficient (Wildman–Crippen LogP) is 0.743.